The Morgan fingerprint density at radius 1 is 0.594 bits per heavy atom. The third-order valence-corrected chi connectivity index (χ3v) is 5.33. The second-order valence-corrected chi connectivity index (χ2v) is 7.75. The summed E-state index contributed by atoms with van der Waals surface area (Å²) in [4.78, 5) is 25.8. The smallest absolute Gasteiger partial charge is 0.343 e. The number of hydrogen-bond acceptors (Lipinski definition) is 4. The van der Waals surface area contributed by atoms with Crippen molar-refractivity contribution in [1.29, 1.82) is 0 Å². The molecule has 0 aliphatic heterocycles. The van der Waals surface area contributed by atoms with E-state index >= 15 is 0 Å². The highest BCUT2D eigenvalue weighted by Crippen LogP contribution is 2.29. The molecule has 3 aromatic rings. The highest BCUT2D eigenvalue weighted by atomic mass is 16.6. The number of carbonyl (C=O) groups excluding carboxylic acids is 2. The van der Waals surface area contributed by atoms with Gasteiger partial charge in [-0.15, -0.1) is 0 Å². The molecule has 0 aromatic heterocycles. The number of unbranched alkanes of at least 4 members (excludes halogenated alkanes) is 2. The molecule has 0 radical (unpaired) electrons. The number of carbonyl (C=O) groups is 2. The van der Waals surface area contributed by atoms with Gasteiger partial charge in [0.25, 0.3) is 0 Å². The van der Waals surface area contributed by atoms with E-state index in [0.717, 1.165) is 49.7 Å². The van der Waals surface area contributed by atoms with Gasteiger partial charge < -0.3 is 9.47 Å². The van der Waals surface area contributed by atoms with Gasteiger partial charge in [0.15, 0.2) is 11.5 Å². The molecule has 0 N–H and O–H groups in total. The van der Waals surface area contributed by atoms with E-state index in [4.69, 9.17) is 9.47 Å². The Labute approximate surface area is 190 Å². The van der Waals surface area contributed by atoms with Crippen LogP contribution in [-0.2, 0) is 12.8 Å². The standard InChI is InChI=1S/C28H30O4/c1-3-5-13-21-15-7-9-17-23(21)27(29)31-25-19-11-12-20-26(25)32-28(30)24-18-10-8-16-22(24)14-6-4-2/h7-12,15-20H,3-6,13-14H2,1-2H3. The SMILES string of the molecule is CCCCc1ccccc1C(=O)Oc1ccccc1OC(=O)c1ccccc1CCCC. The van der Waals surface area contributed by atoms with E-state index in [9.17, 15) is 9.59 Å². The molecule has 0 aliphatic rings. The number of esters is 2. The first-order valence-corrected chi connectivity index (χ1v) is 11.3. The maximum atomic E-state index is 12.9. The molecule has 0 bridgehead atoms. The first-order valence-electron chi connectivity index (χ1n) is 11.3. The quantitative estimate of drug-likeness (QED) is 0.262. The minimum Gasteiger partial charge on any atom is -0.419 e. The molecule has 0 fully saturated rings. The highest BCUT2D eigenvalue weighted by Gasteiger charge is 2.19. The Bertz CT molecular complexity index is 970. The van der Waals surface area contributed by atoms with Crippen molar-refractivity contribution in [2.24, 2.45) is 0 Å². The molecule has 4 nitrogen and oxygen atoms in total. The molecule has 0 saturated heterocycles. The fourth-order valence-electron chi connectivity index (χ4n) is 3.54. The monoisotopic (exact) mass is 430 g/mol. The lowest BCUT2D eigenvalue weighted by Gasteiger charge is -2.13. The summed E-state index contributed by atoms with van der Waals surface area (Å²) in [6.07, 6.45) is 5.70. The lowest BCUT2D eigenvalue weighted by molar-refractivity contribution is 0.0681. The molecule has 4 heteroatoms. The van der Waals surface area contributed by atoms with Gasteiger partial charge in [-0.2, -0.15) is 0 Å². The average Bonchev–Trinajstić information content (AvgIpc) is 2.83. The van der Waals surface area contributed by atoms with Crippen molar-refractivity contribution in [3.63, 3.8) is 0 Å². The molecule has 3 rings (SSSR count). The maximum Gasteiger partial charge on any atom is 0.343 e. The topological polar surface area (TPSA) is 52.6 Å². The average molecular weight is 431 g/mol. The minimum absolute atomic E-state index is 0.224. The van der Waals surface area contributed by atoms with Crippen LogP contribution >= 0.6 is 0 Å². The van der Waals surface area contributed by atoms with Gasteiger partial charge in [0.2, 0.25) is 0 Å². The molecule has 166 valence electrons. The molecule has 0 unspecified atom stereocenters. The number of rotatable bonds is 10. The summed E-state index contributed by atoms with van der Waals surface area (Å²) < 4.78 is 11.3. The van der Waals surface area contributed by atoms with Crippen molar-refractivity contribution in [3.8, 4) is 11.5 Å². The second-order valence-electron chi connectivity index (χ2n) is 7.75. The zero-order chi connectivity index (χ0) is 22.8. The summed E-state index contributed by atoms with van der Waals surface area (Å²) >= 11 is 0. The van der Waals surface area contributed by atoms with Gasteiger partial charge in [-0.25, -0.2) is 9.59 Å². The van der Waals surface area contributed by atoms with Crippen LogP contribution < -0.4 is 9.47 Å². The third-order valence-electron chi connectivity index (χ3n) is 5.33. The second kappa shape index (κ2) is 11.8. The first kappa shape index (κ1) is 23.3. The lowest BCUT2D eigenvalue weighted by atomic mass is 10.0. The van der Waals surface area contributed by atoms with E-state index in [-0.39, 0.29) is 11.5 Å². The van der Waals surface area contributed by atoms with E-state index in [2.05, 4.69) is 13.8 Å². The predicted octanol–water partition coefficient (Wildman–Crippen LogP) is 6.81. The summed E-state index contributed by atoms with van der Waals surface area (Å²) in [6.45, 7) is 4.23. The molecule has 0 heterocycles. The van der Waals surface area contributed by atoms with Crippen molar-refractivity contribution in [3.05, 3.63) is 95.1 Å². The van der Waals surface area contributed by atoms with Crippen LogP contribution in [0.4, 0.5) is 0 Å². The van der Waals surface area contributed by atoms with Crippen molar-refractivity contribution in [1.82, 2.24) is 0 Å². The van der Waals surface area contributed by atoms with E-state index in [0.29, 0.717) is 11.1 Å². The highest BCUT2D eigenvalue weighted by molar-refractivity contribution is 5.94. The van der Waals surface area contributed by atoms with Crippen LogP contribution in [0.25, 0.3) is 0 Å². The van der Waals surface area contributed by atoms with Crippen molar-refractivity contribution in [2.45, 2.75) is 52.4 Å². The van der Waals surface area contributed by atoms with Crippen molar-refractivity contribution in [2.75, 3.05) is 0 Å². The van der Waals surface area contributed by atoms with Crippen molar-refractivity contribution >= 4 is 11.9 Å². The molecule has 0 saturated carbocycles. The van der Waals surface area contributed by atoms with Crippen LogP contribution in [0.15, 0.2) is 72.8 Å². The zero-order valence-electron chi connectivity index (χ0n) is 18.8. The molecule has 3 aromatic carbocycles. The fraction of sp³-hybridized carbons (Fsp3) is 0.286. The van der Waals surface area contributed by atoms with E-state index in [1.807, 2.05) is 36.4 Å². The Balaban J connectivity index is 1.79. The summed E-state index contributed by atoms with van der Waals surface area (Å²) in [5.41, 5.74) is 2.98. The summed E-state index contributed by atoms with van der Waals surface area (Å²) in [6, 6.07) is 21.7. The van der Waals surface area contributed by atoms with Gasteiger partial charge >= 0.3 is 11.9 Å². The molecule has 0 amide bonds. The van der Waals surface area contributed by atoms with E-state index < -0.39 is 11.9 Å². The maximum absolute atomic E-state index is 12.9. The van der Waals surface area contributed by atoms with Crippen LogP contribution in [0, 0.1) is 0 Å². The molecule has 0 spiro atoms. The van der Waals surface area contributed by atoms with Crippen LogP contribution in [0.5, 0.6) is 11.5 Å². The molecular formula is C28H30O4. The summed E-state index contributed by atoms with van der Waals surface area (Å²) in [7, 11) is 0. The molecule has 0 aliphatic carbocycles. The number of para-hydroxylation sites is 2. The molecule has 32 heavy (non-hydrogen) atoms. The van der Waals surface area contributed by atoms with Crippen molar-refractivity contribution < 1.29 is 19.1 Å². The van der Waals surface area contributed by atoms with Gasteiger partial charge in [0, 0.05) is 0 Å². The van der Waals surface area contributed by atoms with Gasteiger partial charge in [-0.3, -0.25) is 0 Å². The Hall–Kier alpha value is -3.40. The van der Waals surface area contributed by atoms with Gasteiger partial charge in [-0.05, 0) is 61.1 Å². The van der Waals surface area contributed by atoms with Crippen LogP contribution in [0.1, 0.15) is 71.4 Å². The van der Waals surface area contributed by atoms with Crippen LogP contribution in [-0.4, -0.2) is 11.9 Å². The zero-order valence-corrected chi connectivity index (χ0v) is 18.8. The predicted molar refractivity (Wildman–Crippen MR) is 126 cm³/mol. The van der Waals surface area contributed by atoms with Gasteiger partial charge in [0.05, 0.1) is 11.1 Å². The number of ether oxygens (including phenoxy) is 2. The third kappa shape index (κ3) is 6.07. The minimum atomic E-state index is -0.455. The normalized spacial score (nSPS) is 10.6. The largest absolute Gasteiger partial charge is 0.419 e. The molecular weight excluding hydrogens is 400 g/mol. The summed E-state index contributed by atoms with van der Waals surface area (Å²) in [5, 5.41) is 0. The number of hydrogen-bond donors (Lipinski definition) is 0. The Kier molecular flexibility index (Phi) is 8.61. The fourth-order valence-corrected chi connectivity index (χ4v) is 3.54. The van der Waals surface area contributed by atoms with E-state index in [1.165, 1.54) is 0 Å². The Morgan fingerprint density at radius 2 is 0.969 bits per heavy atom. The summed E-state index contributed by atoms with van der Waals surface area (Å²) in [5.74, 6) is -0.462. The van der Waals surface area contributed by atoms with Crippen LogP contribution in [0.2, 0.25) is 0 Å². The van der Waals surface area contributed by atoms with Crippen LogP contribution in [0.3, 0.4) is 0 Å². The Morgan fingerprint density at radius 3 is 1.38 bits per heavy atom. The first-order chi connectivity index (χ1) is 15.6. The molecule has 0 atom stereocenters. The lowest BCUT2D eigenvalue weighted by Crippen LogP contribution is -2.15. The van der Waals surface area contributed by atoms with E-state index in [1.54, 1.807) is 36.4 Å². The number of benzene rings is 3. The number of aryl methyl sites for hydroxylation is 2. The van der Waals surface area contributed by atoms with Gasteiger partial charge in [-0.1, -0.05) is 75.2 Å². The van der Waals surface area contributed by atoms with Gasteiger partial charge in [0.1, 0.15) is 0 Å².